The highest BCUT2D eigenvalue weighted by molar-refractivity contribution is 7.89. The van der Waals surface area contributed by atoms with Gasteiger partial charge in [0.15, 0.2) is 0 Å². The number of benzene rings is 1. The standard InChI is InChI=1S/C17H24N2O3S/c1-16(2)8-14-9-17(3,10-16)11-19(14)23(21,22)15-6-4-13(5-7-15)18-12-20/h4-7,12,14H,8-11H2,1-3H3,(H,18,20). The third-order valence-corrected chi connectivity index (χ3v) is 6.97. The highest BCUT2D eigenvalue weighted by Crippen LogP contribution is 2.53. The van der Waals surface area contributed by atoms with Crippen LogP contribution in [0.3, 0.4) is 0 Å². The average molecular weight is 336 g/mol. The second kappa shape index (κ2) is 5.31. The lowest BCUT2D eigenvalue weighted by atomic mass is 9.65. The lowest BCUT2D eigenvalue weighted by Crippen LogP contribution is -2.37. The fraction of sp³-hybridized carbons (Fsp3) is 0.588. The van der Waals surface area contributed by atoms with Gasteiger partial charge >= 0.3 is 0 Å². The SMILES string of the molecule is CC1(C)CC2CC(C)(CN2S(=O)(=O)c2ccc(NC=O)cc2)C1. The van der Waals surface area contributed by atoms with E-state index in [1.165, 1.54) is 0 Å². The molecule has 126 valence electrons. The van der Waals surface area contributed by atoms with Crippen molar-refractivity contribution in [2.45, 2.75) is 51.0 Å². The Labute approximate surface area is 138 Å². The first-order chi connectivity index (χ1) is 10.7. The molecule has 0 radical (unpaired) electrons. The molecule has 1 saturated heterocycles. The molecule has 1 saturated carbocycles. The van der Waals surface area contributed by atoms with Crippen LogP contribution in [0.4, 0.5) is 5.69 Å². The second-order valence-corrected chi connectivity index (χ2v) is 9.94. The number of fused-ring (bicyclic) bond motifs is 2. The van der Waals surface area contributed by atoms with Crippen LogP contribution in [-0.4, -0.2) is 31.7 Å². The van der Waals surface area contributed by atoms with Crippen molar-refractivity contribution in [2.75, 3.05) is 11.9 Å². The first kappa shape index (κ1) is 16.5. The summed E-state index contributed by atoms with van der Waals surface area (Å²) in [6.07, 6.45) is 3.49. The Balaban J connectivity index is 1.90. The molecule has 1 N–H and O–H groups in total. The number of carbonyl (C=O) groups is 1. The van der Waals surface area contributed by atoms with Crippen LogP contribution in [0.5, 0.6) is 0 Å². The molecule has 1 aromatic carbocycles. The van der Waals surface area contributed by atoms with Gasteiger partial charge in [0.05, 0.1) is 4.90 Å². The Morgan fingerprint density at radius 3 is 2.43 bits per heavy atom. The summed E-state index contributed by atoms with van der Waals surface area (Å²) >= 11 is 0. The number of carbonyl (C=O) groups excluding carboxylic acids is 1. The topological polar surface area (TPSA) is 66.5 Å². The van der Waals surface area contributed by atoms with Gasteiger partial charge in [-0.15, -0.1) is 0 Å². The minimum absolute atomic E-state index is 0.0680. The van der Waals surface area contributed by atoms with Gasteiger partial charge in [0, 0.05) is 18.3 Å². The third kappa shape index (κ3) is 3.02. The van der Waals surface area contributed by atoms with Gasteiger partial charge in [-0.2, -0.15) is 4.31 Å². The van der Waals surface area contributed by atoms with Crippen molar-refractivity contribution in [1.82, 2.24) is 4.31 Å². The van der Waals surface area contributed by atoms with Crippen molar-refractivity contribution in [3.8, 4) is 0 Å². The summed E-state index contributed by atoms with van der Waals surface area (Å²) in [5.41, 5.74) is 0.838. The van der Waals surface area contributed by atoms with E-state index in [1.54, 1.807) is 28.6 Å². The van der Waals surface area contributed by atoms with Crippen LogP contribution in [-0.2, 0) is 14.8 Å². The van der Waals surface area contributed by atoms with Gasteiger partial charge in [-0.25, -0.2) is 8.42 Å². The van der Waals surface area contributed by atoms with E-state index in [2.05, 4.69) is 26.1 Å². The lowest BCUT2D eigenvalue weighted by Gasteiger charge is -2.39. The van der Waals surface area contributed by atoms with Gasteiger partial charge in [0.25, 0.3) is 0 Å². The zero-order chi connectivity index (χ0) is 16.9. The van der Waals surface area contributed by atoms with Crippen LogP contribution < -0.4 is 5.32 Å². The highest BCUT2D eigenvalue weighted by Gasteiger charge is 2.53. The smallest absolute Gasteiger partial charge is 0.243 e. The molecule has 1 aliphatic heterocycles. The molecular formula is C17H24N2O3S. The number of rotatable bonds is 4. The van der Waals surface area contributed by atoms with Crippen molar-refractivity contribution in [1.29, 1.82) is 0 Å². The largest absolute Gasteiger partial charge is 0.329 e. The van der Waals surface area contributed by atoms with E-state index in [9.17, 15) is 13.2 Å². The lowest BCUT2D eigenvalue weighted by molar-refractivity contribution is -0.105. The van der Waals surface area contributed by atoms with E-state index in [-0.39, 0.29) is 16.9 Å². The summed E-state index contributed by atoms with van der Waals surface area (Å²) in [5, 5.41) is 2.52. The fourth-order valence-electron chi connectivity index (χ4n) is 4.62. The number of nitrogens with zero attached hydrogens (tertiary/aromatic N) is 1. The molecular weight excluding hydrogens is 312 g/mol. The molecule has 0 spiro atoms. The summed E-state index contributed by atoms with van der Waals surface area (Å²) in [6.45, 7) is 7.26. The quantitative estimate of drug-likeness (QED) is 0.860. The van der Waals surface area contributed by atoms with Crippen LogP contribution >= 0.6 is 0 Å². The molecule has 2 aliphatic rings. The first-order valence-electron chi connectivity index (χ1n) is 7.97. The predicted octanol–water partition coefficient (Wildman–Crippen LogP) is 2.84. The Morgan fingerprint density at radius 1 is 1.17 bits per heavy atom. The van der Waals surface area contributed by atoms with Gasteiger partial charge in [0.1, 0.15) is 0 Å². The van der Waals surface area contributed by atoms with Crippen LogP contribution in [0.25, 0.3) is 0 Å². The highest BCUT2D eigenvalue weighted by atomic mass is 32.2. The molecule has 0 aromatic heterocycles. The molecule has 2 atom stereocenters. The van der Waals surface area contributed by atoms with Gasteiger partial charge in [0.2, 0.25) is 16.4 Å². The normalized spacial score (nSPS) is 30.1. The van der Waals surface area contributed by atoms with Gasteiger partial charge < -0.3 is 5.32 Å². The summed E-state index contributed by atoms with van der Waals surface area (Å²) in [7, 11) is -3.50. The molecule has 2 unspecified atom stereocenters. The maximum absolute atomic E-state index is 13.0. The number of hydrogen-bond donors (Lipinski definition) is 1. The summed E-state index contributed by atoms with van der Waals surface area (Å²) in [6, 6.07) is 6.46. The van der Waals surface area contributed by atoms with Crippen LogP contribution in [0, 0.1) is 10.8 Å². The molecule has 2 fully saturated rings. The number of nitrogens with one attached hydrogen (secondary N) is 1. The molecule has 2 bridgehead atoms. The Kier molecular flexibility index (Phi) is 3.80. The zero-order valence-corrected chi connectivity index (χ0v) is 14.7. The van der Waals surface area contributed by atoms with E-state index >= 15 is 0 Å². The summed E-state index contributed by atoms with van der Waals surface area (Å²) < 4.78 is 27.8. The summed E-state index contributed by atoms with van der Waals surface area (Å²) in [4.78, 5) is 10.7. The predicted molar refractivity (Wildman–Crippen MR) is 89.5 cm³/mol. The van der Waals surface area contributed by atoms with Crippen molar-refractivity contribution in [3.63, 3.8) is 0 Å². The van der Waals surface area contributed by atoms with Gasteiger partial charge in [-0.05, 0) is 54.4 Å². The van der Waals surface area contributed by atoms with Gasteiger partial charge in [-0.3, -0.25) is 4.79 Å². The van der Waals surface area contributed by atoms with Crippen molar-refractivity contribution < 1.29 is 13.2 Å². The van der Waals surface area contributed by atoms with Crippen molar-refractivity contribution in [3.05, 3.63) is 24.3 Å². The maximum Gasteiger partial charge on any atom is 0.243 e. The van der Waals surface area contributed by atoms with Crippen molar-refractivity contribution >= 4 is 22.1 Å². The van der Waals surface area contributed by atoms with E-state index in [0.29, 0.717) is 23.5 Å². The van der Waals surface area contributed by atoms with Gasteiger partial charge in [-0.1, -0.05) is 20.8 Å². The molecule has 1 heterocycles. The number of sulfonamides is 1. The average Bonchev–Trinajstić information content (AvgIpc) is 2.69. The van der Waals surface area contributed by atoms with Crippen molar-refractivity contribution in [2.24, 2.45) is 10.8 Å². The van der Waals surface area contributed by atoms with E-state index < -0.39 is 10.0 Å². The van der Waals surface area contributed by atoms with E-state index in [0.717, 1.165) is 19.3 Å². The molecule has 23 heavy (non-hydrogen) atoms. The molecule has 5 nitrogen and oxygen atoms in total. The second-order valence-electron chi connectivity index (χ2n) is 8.05. The van der Waals surface area contributed by atoms with E-state index in [4.69, 9.17) is 0 Å². The van der Waals surface area contributed by atoms with Crippen LogP contribution in [0.15, 0.2) is 29.2 Å². The number of hydrogen-bond acceptors (Lipinski definition) is 3. The Morgan fingerprint density at radius 2 is 1.83 bits per heavy atom. The third-order valence-electron chi connectivity index (χ3n) is 5.05. The molecule has 3 rings (SSSR count). The monoisotopic (exact) mass is 336 g/mol. The first-order valence-corrected chi connectivity index (χ1v) is 9.41. The molecule has 1 aromatic rings. The summed E-state index contributed by atoms with van der Waals surface area (Å²) in [5.74, 6) is 0. The molecule has 6 heteroatoms. The Hall–Kier alpha value is -1.40. The molecule has 1 amide bonds. The van der Waals surface area contributed by atoms with E-state index in [1.807, 2.05) is 0 Å². The number of anilines is 1. The maximum atomic E-state index is 13.0. The minimum atomic E-state index is -3.50. The minimum Gasteiger partial charge on any atom is -0.329 e. The molecule has 1 aliphatic carbocycles. The number of amides is 1. The Bertz CT molecular complexity index is 712. The van der Waals surface area contributed by atoms with Crippen LogP contribution in [0.1, 0.15) is 40.0 Å². The van der Waals surface area contributed by atoms with Crippen LogP contribution in [0.2, 0.25) is 0 Å². The fourth-order valence-corrected chi connectivity index (χ4v) is 6.39. The zero-order valence-electron chi connectivity index (χ0n) is 13.9.